The molecule has 224 valence electrons. The lowest BCUT2D eigenvalue weighted by molar-refractivity contribution is -0.836. The second-order valence-electron chi connectivity index (χ2n) is 9.63. The first-order valence-electron chi connectivity index (χ1n) is 13.3. The number of amides is 1. The number of carboxylic acid groups (broad SMARTS) is 1. The maximum atomic E-state index is 13.3. The Bertz CT molecular complexity index is 1550. The number of rotatable bonds is 10. The third-order valence-electron chi connectivity index (χ3n) is 6.65. The molecule has 1 atom stereocenters. The van der Waals surface area contributed by atoms with Gasteiger partial charge in [-0.05, 0) is 23.1 Å². The van der Waals surface area contributed by atoms with Gasteiger partial charge >= 0.3 is 12.1 Å². The van der Waals surface area contributed by atoms with Crippen molar-refractivity contribution in [1.82, 2.24) is 25.3 Å². The molecule has 0 bridgehead atoms. The lowest BCUT2D eigenvalue weighted by Crippen LogP contribution is -3.10. The maximum Gasteiger partial charge on any atom is 0.433 e. The number of thiophene rings is 1. The lowest BCUT2D eigenvalue weighted by atomic mass is 10.2. The number of quaternary nitrogens is 1. The highest BCUT2D eigenvalue weighted by atomic mass is 32.1. The van der Waals surface area contributed by atoms with Gasteiger partial charge in [0.15, 0.2) is 11.9 Å². The van der Waals surface area contributed by atoms with E-state index in [4.69, 9.17) is 4.74 Å². The molecule has 1 aliphatic heterocycles. The van der Waals surface area contributed by atoms with Gasteiger partial charge in [0.1, 0.15) is 24.5 Å². The summed E-state index contributed by atoms with van der Waals surface area (Å²) in [6, 6.07) is 13.9. The van der Waals surface area contributed by atoms with Crippen LogP contribution in [0.2, 0.25) is 0 Å². The molecule has 1 aromatic carbocycles. The molecule has 0 unspecified atom stereocenters. The van der Waals surface area contributed by atoms with Crippen molar-refractivity contribution < 1.29 is 37.5 Å². The fourth-order valence-corrected chi connectivity index (χ4v) is 5.09. The van der Waals surface area contributed by atoms with Crippen molar-refractivity contribution in [1.29, 1.82) is 0 Å². The monoisotopic (exact) mass is 614 g/mol. The Morgan fingerprint density at radius 1 is 1.07 bits per heavy atom. The Morgan fingerprint density at radius 2 is 1.84 bits per heavy atom. The van der Waals surface area contributed by atoms with E-state index in [9.17, 15) is 27.9 Å². The summed E-state index contributed by atoms with van der Waals surface area (Å²) in [5, 5.41) is 14.0. The van der Waals surface area contributed by atoms with Crippen LogP contribution in [0.4, 0.5) is 24.9 Å². The molecular formula is C28H27F3N7O4S+. The Labute approximate surface area is 248 Å². The van der Waals surface area contributed by atoms with Gasteiger partial charge in [-0.1, -0.05) is 36.4 Å². The highest BCUT2D eigenvalue weighted by Crippen LogP contribution is 2.28. The van der Waals surface area contributed by atoms with Gasteiger partial charge in [-0.15, -0.1) is 11.3 Å². The maximum absolute atomic E-state index is 13.3. The number of hydrogen-bond donors (Lipinski definition) is 3. The zero-order valence-corrected chi connectivity index (χ0v) is 23.4. The lowest BCUT2D eigenvalue weighted by Gasteiger charge is -2.31. The Hall–Kier alpha value is -4.47. The quantitative estimate of drug-likeness (QED) is 0.246. The van der Waals surface area contributed by atoms with Crippen LogP contribution in [0.25, 0.3) is 10.7 Å². The van der Waals surface area contributed by atoms with Crippen LogP contribution in [-0.4, -0.2) is 75.7 Å². The smallest absolute Gasteiger partial charge is 0.433 e. The van der Waals surface area contributed by atoms with Gasteiger partial charge < -0.3 is 20.1 Å². The molecule has 0 saturated carbocycles. The van der Waals surface area contributed by atoms with Gasteiger partial charge in [0.05, 0.1) is 37.2 Å². The number of piperazine rings is 1. The van der Waals surface area contributed by atoms with Crippen molar-refractivity contribution in [2.45, 2.75) is 18.8 Å². The van der Waals surface area contributed by atoms with Gasteiger partial charge in [-0.3, -0.25) is 9.69 Å². The SMILES string of the molecule is O=C(N[C@@H](COCc1ccccc1)C(=O)O)c1cc([NH+]2CCN(c3nccc(C(F)(F)F)n3)CC2)nc(-c2cccs2)n1. The second kappa shape index (κ2) is 13.2. The van der Waals surface area contributed by atoms with Gasteiger partial charge in [0, 0.05) is 6.20 Å². The van der Waals surface area contributed by atoms with Crippen molar-refractivity contribution in [3.8, 4) is 10.7 Å². The molecule has 1 fully saturated rings. The van der Waals surface area contributed by atoms with E-state index in [1.54, 1.807) is 11.0 Å². The van der Waals surface area contributed by atoms with Crippen LogP contribution in [0.1, 0.15) is 21.7 Å². The van der Waals surface area contributed by atoms with E-state index in [1.807, 2.05) is 41.8 Å². The fraction of sp³-hybridized carbons (Fsp3) is 0.286. The number of carbonyl (C=O) groups excluding carboxylic acids is 1. The number of nitrogens with one attached hydrogen (secondary N) is 2. The van der Waals surface area contributed by atoms with E-state index in [0.717, 1.165) is 22.7 Å². The molecule has 43 heavy (non-hydrogen) atoms. The standard InChI is InChI=1S/C28H26F3N7O4S/c29-28(30,31)22-8-9-32-27(35-22)38-12-10-37(11-13-38)23-15-19(33-24(36-23)21-7-4-14-43-21)25(39)34-20(26(40)41)17-42-16-18-5-2-1-3-6-18/h1-9,14-15,20H,10-13,16-17H2,(H,34,39)(H,40,41)/p+1/t20-/m0/s1. The van der Waals surface area contributed by atoms with Crippen LogP contribution in [0.5, 0.6) is 0 Å². The minimum Gasteiger partial charge on any atom is -0.480 e. The summed E-state index contributed by atoms with van der Waals surface area (Å²) in [5.74, 6) is -1.16. The molecule has 3 N–H and O–H groups in total. The number of carbonyl (C=O) groups is 2. The van der Waals surface area contributed by atoms with Crippen molar-refractivity contribution in [3.05, 3.63) is 83.1 Å². The molecule has 11 nitrogen and oxygen atoms in total. The normalized spacial score (nSPS) is 14.8. The second-order valence-corrected chi connectivity index (χ2v) is 10.6. The molecule has 1 saturated heterocycles. The number of carboxylic acids is 1. The topological polar surface area (TPSA) is 135 Å². The number of benzene rings is 1. The number of alkyl halides is 3. The van der Waals surface area contributed by atoms with E-state index in [1.165, 1.54) is 17.4 Å². The van der Waals surface area contributed by atoms with Crippen LogP contribution in [0.3, 0.4) is 0 Å². The number of halogens is 3. The minimum absolute atomic E-state index is 0.00917. The first kappa shape index (κ1) is 30.0. The summed E-state index contributed by atoms with van der Waals surface area (Å²) >= 11 is 1.38. The molecule has 0 aliphatic carbocycles. The summed E-state index contributed by atoms with van der Waals surface area (Å²) in [7, 11) is 0. The molecule has 0 radical (unpaired) electrons. The van der Waals surface area contributed by atoms with E-state index in [-0.39, 0.29) is 24.9 Å². The fourth-order valence-electron chi connectivity index (χ4n) is 4.43. The Morgan fingerprint density at radius 3 is 2.51 bits per heavy atom. The first-order chi connectivity index (χ1) is 20.7. The van der Waals surface area contributed by atoms with Gasteiger partial charge in [-0.2, -0.15) is 18.2 Å². The van der Waals surface area contributed by atoms with Crippen LogP contribution in [0, 0.1) is 0 Å². The number of aromatic nitrogens is 4. The van der Waals surface area contributed by atoms with Crippen LogP contribution >= 0.6 is 11.3 Å². The zero-order valence-electron chi connectivity index (χ0n) is 22.6. The Balaban J connectivity index is 1.30. The molecule has 4 aromatic rings. The Kier molecular flexibility index (Phi) is 9.23. The van der Waals surface area contributed by atoms with E-state index in [2.05, 4.69) is 25.3 Å². The molecule has 4 heterocycles. The van der Waals surface area contributed by atoms with E-state index < -0.39 is 29.8 Å². The molecule has 5 rings (SSSR count). The average Bonchev–Trinajstić information content (AvgIpc) is 3.56. The highest BCUT2D eigenvalue weighted by molar-refractivity contribution is 7.13. The van der Waals surface area contributed by atoms with Crippen molar-refractivity contribution in [3.63, 3.8) is 0 Å². The van der Waals surface area contributed by atoms with Crippen LogP contribution in [0.15, 0.2) is 66.2 Å². The molecule has 3 aromatic heterocycles. The molecule has 15 heteroatoms. The predicted octanol–water partition coefficient (Wildman–Crippen LogP) is 2.45. The molecule has 1 amide bonds. The van der Waals surface area contributed by atoms with Gasteiger partial charge in [0.2, 0.25) is 11.8 Å². The van der Waals surface area contributed by atoms with Gasteiger partial charge in [-0.25, -0.2) is 19.7 Å². The minimum atomic E-state index is -4.57. The van der Waals surface area contributed by atoms with E-state index >= 15 is 0 Å². The van der Waals surface area contributed by atoms with Crippen LogP contribution in [-0.2, 0) is 22.3 Å². The zero-order chi connectivity index (χ0) is 30.4. The number of aliphatic carboxylic acids is 1. The number of anilines is 1. The summed E-state index contributed by atoms with van der Waals surface area (Å²) < 4.78 is 44.9. The van der Waals surface area contributed by atoms with Gasteiger partial charge in [0.25, 0.3) is 5.91 Å². The number of ether oxygens (including phenoxy) is 1. The largest absolute Gasteiger partial charge is 0.480 e. The van der Waals surface area contributed by atoms with Crippen molar-refractivity contribution in [2.75, 3.05) is 37.7 Å². The number of hydrogen-bond acceptors (Lipinski definition) is 9. The van der Waals surface area contributed by atoms with Crippen LogP contribution < -0.4 is 15.1 Å². The molecular weight excluding hydrogens is 587 g/mol. The summed E-state index contributed by atoms with van der Waals surface area (Å²) in [4.78, 5) is 45.2. The van der Waals surface area contributed by atoms with Crippen molar-refractivity contribution >= 4 is 35.0 Å². The first-order valence-corrected chi connectivity index (χ1v) is 14.1. The highest BCUT2D eigenvalue weighted by Gasteiger charge is 2.34. The summed E-state index contributed by atoms with van der Waals surface area (Å²) in [5.41, 5.74) is -0.162. The third kappa shape index (κ3) is 7.68. The number of nitrogens with zero attached hydrogens (tertiary/aromatic N) is 5. The third-order valence-corrected chi connectivity index (χ3v) is 7.51. The average molecular weight is 615 g/mol. The summed E-state index contributed by atoms with van der Waals surface area (Å²) in [6.07, 6.45) is -3.49. The van der Waals surface area contributed by atoms with Crippen molar-refractivity contribution in [2.24, 2.45) is 0 Å². The molecule has 0 spiro atoms. The molecule has 1 aliphatic rings. The van der Waals surface area contributed by atoms with E-state index in [0.29, 0.717) is 42.7 Å². The predicted molar refractivity (Wildman–Crippen MR) is 150 cm³/mol. The summed E-state index contributed by atoms with van der Waals surface area (Å²) in [6.45, 7) is 1.49.